The number of guanidine groups is 1. The van der Waals surface area contributed by atoms with Gasteiger partial charge in [0, 0.05) is 33.1 Å². The Balaban J connectivity index is 1.66. The number of aromatic nitrogens is 3. The zero-order chi connectivity index (χ0) is 17.9. The molecule has 0 aliphatic rings. The fourth-order valence-electron chi connectivity index (χ4n) is 2.58. The van der Waals surface area contributed by atoms with Crippen LogP contribution in [0.2, 0.25) is 0 Å². The third kappa shape index (κ3) is 6.10. The number of ether oxygens (including phenoxy) is 1. The smallest absolute Gasteiger partial charge is 0.191 e. The number of rotatable bonds is 9. The van der Waals surface area contributed by atoms with Crippen LogP contribution in [-0.2, 0) is 19.4 Å². The van der Waals surface area contributed by atoms with Gasteiger partial charge in [0.05, 0.1) is 7.11 Å². The molecule has 0 aliphatic carbocycles. The average molecular weight is 344 g/mol. The Bertz CT molecular complexity index is 667. The van der Waals surface area contributed by atoms with Gasteiger partial charge in [-0.25, -0.2) is 0 Å². The highest BCUT2D eigenvalue weighted by molar-refractivity contribution is 5.79. The van der Waals surface area contributed by atoms with E-state index in [9.17, 15) is 0 Å². The molecule has 25 heavy (non-hydrogen) atoms. The summed E-state index contributed by atoms with van der Waals surface area (Å²) >= 11 is 0. The lowest BCUT2D eigenvalue weighted by Crippen LogP contribution is -2.39. The third-order valence-corrected chi connectivity index (χ3v) is 3.95. The van der Waals surface area contributed by atoms with E-state index in [0.717, 1.165) is 56.4 Å². The molecule has 1 aromatic carbocycles. The number of benzene rings is 1. The molecular weight excluding hydrogens is 316 g/mol. The Morgan fingerprint density at radius 1 is 1.28 bits per heavy atom. The molecule has 7 nitrogen and oxygen atoms in total. The van der Waals surface area contributed by atoms with Gasteiger partial charge in [0.15, 0.2) is 5.96 Å². The molecule has 1 aromatic heterocycles. The van der Waals surface area contributed by atoms with Crippen LogP contribution in [0.5, 0.6) is 5.75 Å². The van der Waals surface area contributed by atoms with Crippen molar-refractivity contribution in [2.45, 2.75) is 32.7 Å². The van der Waals surface area contributed by atoms with Gasteiger partial charge >= 0.3 is 0 Å². The molecule has 7 heteroatoms. The highest BCUT2D eigenvalue weighted by atomic mass is 16.5. The number of hydrogen-bond donors (Lipinski definition) is 2. The van der Waals surface area contributed by atoms with Crippen LogP contribution in [-0.4, -0.2) is 48.0 Å². The van der Waals surface area contributed by atoms with E-state index >= 15 is 0 Å². The number of nitrogens with zero attached hydrogens (tertiary/aromatic N) is 4. The van der Waals surface area contributed by atoms with Crippen molar-refractivity contribution >= 4 is 5.96 Å². The topological polar surface area (TPSA) is 76.4 Å². The average Bonchev–Trinajstić information content (AvgIpc) is 3.11. The molecule has 0 bridgehead atoms. The zero-order valence-electron chi connectivity index (χ0n) is 15.3. The lowest BCUT2D eigenvalue weighted by atomic mass is 10.1. The van der Waals surface area contributed by atoms with Crippen LogP contribution in [0, 0.1) is 0 Å². The van der Waals surface area contributed by atoms with E-state index in [1.54, 1.807) is 20.5 Å². The van der Waals surface area contributed by atoms with Crippen molar-refractivity contribution in [1.82, 2.24) is 25.4 Å². The minimum Gasteiger partial charge on any atom is -0.497 e. The molecule has 0 amide bonds. The van der Waals surface area contributed by atoms with Crippen molar-refractivity contribution in [1.29, 1.82) is 0 Å². The van der Waals surface area contributed by atoms with E-state index in [4.69, 9.17) is 4.74 Å². The van der Waals surface area contributed by atoms with Gasteiger partial charge in [-0.3, -0.25) is 4.99 Å². The quantitative estimate of drug-likeness (QED) is 0.411. The minimum absolute atomic E-state index is 0.778. The number of aliphatic imine (C=N–C) groups is 1. The van der Waals surface area contributed by atoms with Gasteiger partial charge < -0.3 is 19.9 Å². The van der Waals surface area contributed by atoms with E-state index in [1.165, 1.54) is 5.56 Å². The molecule has 2 aromatic rings. The van der Waals surface area contributed by atoms with Gasteiger partial charge in [-0.05, 0) is 30.5 Å². The summed E-state index contributed by atoms with van der Waals surface area (Å²) in [4.78, 5) is 4.26. The molecule has 0 spiro atoms. The summed E-state index contributed by atoms with van der Waals surface area (Å²) in [7, 11) is 3.48. The van der Waals surface area contributed by atoms with Crippen molar-refractivity contribution in [3.05, 3.63) is 42.0 Å². The van der Waals surface area contributed by atoms with Crippen molar-refractivity contribution in [3.63, 3.8) is 0 Å². The van der Waals surface area contributed by atoms with Crippen molar-refractivity contribution < 1.29 is 4.74 Å². The van der Waals surface area contributed by atoms with Gasteiger partial charge in [0.2, 0.25) is 0 Å². The van der Waals surface area contributed by atoms with E-state index < -0.39 is 0 Å². The fourth-order valence-corrected chi connectivity index (χ4v) is 2.58. The van der Waals surface area contributed by atoms with Crippen LogP contribution >= 0.6 is 0 Å². The Morgan fingerprint density at radius 3 is 2.88 bits per heavy atom. The van der Waals surface area contributed by atoms with E-state index in [1.807, 2.05) is 12.1 Å². The number of hydrogen-bond acceptors (Lipinski definition) is 4. The second-order valence-electron chi connectivity index (χ2n) is 5.67. The normalized spacial score (nSPS) is 11.4. The zero-order valence-corrected chi connectivity index (χ0v) is 15.3. The Morgan fingerprint density at radius 2 is 2.12 bits per heavy atom. The fraction of sp³-hybridized carbons (Fsp3) is 0.500. The Hall–Kier alpha value is -2.57. The number of aryl methyl sites for hydroxylation is 2. The second-order valence-corrected chi connectivity index (χ2v) is 5.67. The molecule has 0 atom stereocenters. The van der Waals surface area contributed by atoms with E-state index in [-0.39, 0.29) is 0 Å². The monoisotopic (exact) mass is 344 g/mol. The van der Waals surface area contributed by atoms with Crippen LogP contribution in [0.3, 0.4) is 0 Å². The maximum Gasteiger partial charge on any atom is 0.191 e. The molecule has 0 saturated heterocycles. The molecule has 136 valence electrons. The van der Waals surface area contributed by atoms with Crippen molar-refractivity contribution in [2.24, 2.45) is 4.99 Å². The lowest BCUT2D eigenvalue weighted by molar-refractivity contribution is 0.414. The standard InChI is InChI=1S/C18H28N6O/c1-4-17-23-22-14-24(17)12-11-21-18(19-2)20-10-6-8-15-7-5-9-16(13-15)25-3/h5,7,9,13-14H,4,6,8,10-12H2,1-3H3,(H2,19,20,21). The van der Waals surface area contributed by atoms with E-state index in [2.05, 4.69) is 49.4 Å². The summed E-state index contributed by atoms with van der Waals surface area (Å²) in [6.45, 7) is 4.54. The molecule has 0 unspecified atom stereocenters. The van der Waals surface area contributed by atoms with Gasteiger partial charge in [0.25, 0.3) is 0 Å². The SMILES string of the molecule is CCc1nncn1CCNC(=NC)NCCCc1cccc(OC)c1. The predicted octanol–water partition coefficient (Wildman–Crippen LogP) is 1.65. The summed E-state index contributed by atoms with van der Waals surface area (Å²) in [5, 5.41) is 14.7. The maximum absolute atomic E-state index is 5.25. The summed E-state index contributed by atoms with van der Waals surface area (Å²) in [6.07, 6.45) is 4.68. The summed E-state index contributed by atoms with van der Waals surface area (Å²) < 4.78 is 7.31. The minimum atomic E-state index is 0.778. The molecule has 0 fully saturated rings. The first kappa shape index (κ1) is 18.8. The van der Waals surface area contributed by atoms with Crippen molar-refractivity contribution in [2.75, 3.05) is 27.2 Å². The highest BCUT2D eigenvalue weighted by Crippen LogP contribution is 2.13. The van der Waals surface area contributed by atoms with Crippen LogP contribution in [0.4, 0.5) is 0 Å². The molecule has 2 N–H and O–H groups in total. The summed E-state index contributed by atoms with van der Waals surface area (Å²) in [6, 6.07) is 8.20. The van der Waals surface area contributed by atoms with Gasteiger partial charge in [-0.2, -0.15) is 0 Å². The van der Waals surface area contributed by atoms with Crippen LogP contribution < -0.4 is 15.4 Å². The molecular formula is C18H28N6O. The Labute approximate surface area is 149 Å². The molecule has 0 saturated carbocycles. The predicted molar refractivity (Wildman–Crippen MR) is 100 cm³/mol. The highest BCUT2D eigenvalue weighted by Gasteiger charge is 2.02. The second kappa shape index (κ2) is 10.3. The van der Waals surface area contributed by atoms with Gasteiger partial charge in [-0.1, -0.05) is 19.1 Å². The summed E-state index contributed by atoms with van der Waals surface area (Å²) in [5.74, 6) is 2.73. The third-order valence-electron chi connectivity index (χ3n) is 3.95. The molecule has 1 heterocycles. The maximum atomic E-state index is 5.25. The first-order valence-corrected chi connectivity index (χ1v) is 8.71. The largest absolute Gasteiger partial charge is 0.497 e. The molecule has 0 aliphatic heterocycles. The van der Waals surface area contributed by atoms with E-state index in [0.29, 0.717) is 0 Å². The molecule has 2 rings (SSSR count). The van der Waals surface area contributed by atoms with Crippen LogP contribution in [0.15, 0.2) is 35.6 Å². The van der Waals surface area contributed by atoms with Gasteiger partial charge in [-0.15, -0.1) is 10.2 Å². The Kier molecular flexibility index (Phi) is 7.75. The first-order chi connectivity index (χ1) is 12.3. The first-order valence-electron chi connectivity index (χ1n) is 8.71. The number of nitrogens with one attached hydrogen (secondary N) is 2. The van der Waals surface area contributed by atoms with Gasteiger partial charge in [0.1, 0.15) is 17.9 Å². The lowest BCUT2D eigenvalue weighted by Gasteiger charge is -2.12. The summed E-state index contributed by atoms with van der Waals surface area (Å²) in [5.41, 5.74) is 1.28. The van der Waals surface area contributed by atoms with Crippen LogP contribution in [0.1, 0.15) is 24.7 Å². The van der Waals surface area contributed by atoms with Crippen LogP contribution in [0.25, 0.3) is 0 Å². The molecule has 0 radical (unpaired) electrons. The number of methoxy groups -OCH3 is 1. The van der Waals surface area contributed by atoms with Crippen molar-refractivity contribution in [3.8, 4) is 5.75 Å².